The van der Waals surface area contributed by atoms with E-state index in [4.69, 9.17) is 0 Å². The van der Waals surface area contributed by atoms with Crippen LogP contribution in [0.3, 0.4) is 0 Å². The number of rotatable bonds is 2. The van der Waals surface area contributed by atoms with Crippen LogP contribution < -0.4 is 0 Å². The van der Waals surface area contributed by atoms with Crippen LogP contribution in [0.2, 0.25) is 0 Å². The molecule has 1 aromatic heterocycles. The van der Waals surface area contributed by atoms with Crippen LogP contribution in [0, 0.1) is 5.82 Å². The number of hydrogen-bond acceptors (Lipinski definition) is 1. The summed E-state index contributed by atoms with van der Waals surface area (Å²) in [5.41, 5.74) is 4.25. The minimum Gasteiger partial charge on any atom is -0.354 e. The first kappa shape index (κ1) is 14.5. The first-order chi connectivity index (χ1) is 10.4. The van der Waals surface area contributed by atoms with Gasteiger partial charge in [-0.15, -0.1) is 0 Å². The third kappa shape index (κ3) is 2.43. The van der Waals surface area contributed by atoms with E-state index in [-0.39, 0.29) is 11.2 Å². The number of aromatic amines is 1. The standard InChI is InChI=1S/C19H18FNO/c1-19(2,3)13-6-9-17-15(10-13)16(11-22)18(21-17)12-4-7-14(20)8-5-12/h4-11,21H,1-3H3. The highest BCUT2D eigenvalue weighted by Crippen LogP contribution is 2.32. The molecule has 3 heteroatoms. The molecule has 0 unspecified atom stereocenters. The van der Waals surface area contributed by atoms with Gasteiger partial charge in [0.05, 0.1) is 5.69 Å². The van der Waals surface area contributed by atoms with E-state index in [9.17, 15) is 9.18 Å². The van der Waals surface area contributed by atoms with Crippen molar-refractivity contribution in [1.29, 1.82) is 0 Å². The number of H-pyrrole nitrogens is 1. The summed E-state index contributed by atoms with van der Waals surface area (Å²) in [6.45, 7) is 6.42. The number of nitrogens with one attached hydrogen (secondary N) is 1. The summed E-state index contributed by atoms with van der Waals surface area (Å²) in [6, 6.07) is 12.3. The lowest BCUT2D eigenvalue weighted by Crippen LogP contribution is -2.10. The van der Waals surface area contributed by atoms with Crippen molar-refractivity contribution in [3.63, 3.8) is 0 Å². The van der Waals surface area contributed by atoms with Crippen molar-refractivity contribution in [3.8, 4) is 11.3 Å². The van der Waals surface area contributed by atoms with Crippen molar-refractivity contribution in [2.45, 2.75) is 26.2 Å². The zero-order valence-electron chi connectivity index (χ0n) is 12.9. The largest absolute Gasteiger partial charge is 0.354 e. The van der Waals surface area contributed by atoms with Crippen molar-refractivity contribution >= 4 is 17.2 Å². The van der Waals surface area contributed by atoms with Gasteiger partial charge >= 0.3 is 0 Å². The van der Waals surface area contributed by atoms with Gasteiger partial charge in [0.25, 0.3) is 0 Å². The fourth-order valence-electron chi connectivity index (χ4n) is 2.65. The fraction of sp³-hybridized carbons (Fsp3) is 0.211. The van der Waals surface area contributed by atoms with Crippen LogP contribution in [0.4, 0.5) is 4.39 Å². The van der Waals surface area contributed by atoms with Crippen molar-refractivity contribution in [3.05, 3.63) is 59.4 Å². The van der Waals surface area contributed by atoms with Crippen LogP contribution in [0.1, 0.15) is 36.7 Å². The molecule has 0 radical (unpaired) electrons. The Hall–Kier alpha value is -2.42. The third-order valence-corrected chi connectivity index (χ3v) is 3.96. The minimum atomic E-state index is -0.289. The second-order valence-corrected chi connectivity index (χ2v) is 6.55. The Morgan fingerprint density at radius 1 is 1.05 bits per heavy atom. The predicted octanol–water partition coefficient (Wildman–Crippen LogP) is 5.08. The van der Waals surface area contributed by atoms with Gasteiger partial charge in [-0.05, 0) is 52.9 Å². The number of aromatic nitrogens is 1. The average Bonchev–Trinajstić information content (AvgIpc) is 2.84. The molecule has 2 nitrogen and oxygen atoms in total. The average molecular weight is 295 g/mol. The predicted molar refractivity (Wildman–Crippen MR) is 87.8 cm³/mol. The van der Waals surface area contributed by atoms with Gasteiger partial charge in [0.1, 0.15) is 5.82 Å². The highest BCUT2D eigenvalue weighted by atomic mass is 19.1. The fourth-order valence-corrected chi connectivity index (χ4v) is 2.65. The maximum absolute atomic E-state index is 13.1. The summed E-state index contributed by atoms with van der Waals surface area (Å²) in [4.78, 5) is 14.9. The molecule has 112 valence electrons. The van der Waals surface area contributed by atoms with E-state index < -0.39 is 0 Å². The van der Waals surface area contributed by atoms with Crippen molar-refractivity contribution < 1.29 is 9.18 Å². The second-order valence-electron chi connectivity index (χ2n) is 6.55. The lowest BCUT2D eigenvalue weighted by atomic mass is 9.86. The Kier molecular flexibility index (Phi) is 3.36. The molecular weight excluding hydrogens is 277 g/mol. The topological polar surface area (TPSA) is 32.9 Å². The molecule has 0 spiro atoms. The highest BCUT2D eigenvalue weighted by Gasteiger charge is 2.18. The number of halogens is 1. The quantitative estimate of drug-likeness (QED) is 0.657. The highest BCUT2D eigenvalue weighted by molar-refractivity contribution is 6.04. The van der Waals surface area contributed by atoms with E-state index in [0.29, 0.717) is 5.56 Å². The molecule has 0 amide bonds. The normalized spacial score (nSPS) is 11.8. The Labute approximate surface area is 129 Å². The maximum atomic E-state index is 13.1. The van der Waals surface area contributed by atoms with Crippen LogP contribution in [0.25, 0.3) is 22.2 Å². The van der Waals surface area contributed by atoms with Gasteiger partial charge in [0.2, 0.25) is 0 Å². The lowest BCUT2D eigenvalue weighted by molar-refractivity contribution is 0.112. The molecule has 0 atom stereocenters. The first-order valence-electron chi connectivity index (χ1n) is 7.27. The van der Waals surface area contributed by atoms with Gasteiger partial charge in [-0.3, -0.25) is 4.79 Å². The summed E-state index contributed by atoms with van der Waals surface area (Å²) in [5.74, 6) is -0.289. The number of fused-ring (bicyclic) bond motifs is 1. The second kappa shape index (κ2) is 5.09. The van der Waals surface area contributed by atoms with Crippen molar-refractivity contribution in [2.75, 3.05) is 0 Å². The van der Waals surface area contributed by atoms with Crippen LogP contribution in [0.5, 0.6) is 0 Å². The molecule has 0 aliphatic heterocycles. The summed E-state index contributed by atoms with van der Waals surface area (Å²) >= 11 is 0. The molecule has 0 saturated carbocycles. The number of carbonyl (C=O) groups excluding carboxylic acids is 1. The van der Waals surface area contributed by atoms with Crippen molar-refractivity contribution in [2.24, 2.45) is 0 Å². The molecule has 3 rings (SSSR count). The summed E-state index contributed by atoms with van der Waals surface area (Å²) < 4.78 is 13.1. The van der Waals surface area contributed by atoms with Gasteiger partial charge in [0, 0.05) is 16.5 Å². The zero-order chi connectivity index (χ0) is 15.9. The van der Waals surface area contributed by atoms with Gasteiger partial charge in [-0.1, -0.05) is 26.8 Å². The SMILES string of the molecule is CC(C)(C)c1ccc2[nH]c(-c3ccc(F)cc3)c(C=O)c2c1. The zero-order valence-corrected chi connectivity index (χ0v) is 12.9. The van der Waals surface area contributed by atoms with E-state index in [2.05, 4.69) is 37.9 Å². The summed E-state index contributed by atoms with van der Waals surface area (Å²) in [7, 11) is 0. The molecule has 0 bridgehead atoms. The first-order valence-corrected chi connectivity index (χ1v) is 7.27. The van der Waals surface area contributed by atoms with Gasteiger partial charge in [-0.2, -0.15) is 0 Å². The summed E-state index contributed by atoms with van der Waals surface area (Å²) in [5, 5.41) is 0.904. The molecule has 1 heterocycles. The molecule has 2 aromatic carbocycles. The van der Waals surface area contributed by atoms with Crippen LogP contribution in [-0.2, 0) is 5.41 Å². The summed E-state index contributed by atoms with van der Waals surface area (Å²) in [6.07, 6.45) is 0.865. The minimum absolute atomic E-state index is 0.0155. The Bertz CT molecular complexity index is 838. The molecule has 0 aliphatic rings. The Balaban J connectivity index is 2.24. The molecule has 0 saturated heterocycles. The number of carbonyl (C=O) groups is 1. The van der Waals surface area contributed by atoms with Crippen LogP contribution in [0.15, 0.2) is 42.5 Å². The van der Waals surface area contributed by atoms with E-state index in [0.717, 1.165) is 28.4 Å². The molecule has 3 aromatic rings. The number of benzene rings is 2. The molecular formula is C19H18FNO. The molecule has 0 aliphatic carbocycles. The monoisotopic (exact) mass is 295 g/mol. The van der Waals surface area contributed by atoms with E-state index in [1.807, 2.05) is 6.07 Å². The van der Waals surface area contributed by atoms with E-state index in [1.54, 1.807) is 12.1 Å². The van der Waals surface area contributed by atoms with Crippen molar-refractivity contribution in [1.82, 2.24) is 4.98 Å². The Morgan fingerprint density at radius 2 is 1.73 bits per heavy atom. The maximum Gasteiger partial charge on any atom is 0.152 e. The van der Waals surface area contributed by atoms with Gasteiger partial charge in [0.15, 0.2) is 6.29 Å². The van der Waals surface area contributed by atoms with E-state index in [1.165, 1.54) is 17.7 Å². The van der Waals surface area contributed by atoms with Crippen LogP contribution in [-0.4, -0.2) is 11.3 Å². The van der Waals surface area contributed by atoms with Gasteiger partial charge < -0.3 is 4.98 Å². The van der Waals surface area contributed by atoms with Crippen LogP contribution >= 0.6 is 0 Å². The van der Waals surface area contributed by atoms with Gasteiger partial charge in [-0.25, -0.2) is 4.39 Å². The van der Waals surface area contributed by atoms with E-state index >= 15 is 0 Å². The Morgan fingerprint density at radius 3 is 2.32 bits per heavy atom. The number of hydrogen-bond donors (Lipinski definition) is 1. The lowest BCUT2D eigenvalue weighted by Gasteiger charge is -2.18. The smallest absolute Gasteiger partial charge is 0.152 e. The third-order valence-electron chi connectivity index (χ3n) is 3.96. The molecule has 0 fully saturated rings. The molecule has 22 heavy (non-hydrogen) atoms. The number of aldehydes is 1. The molecule has 1 N–H and O–H groups in total.